The number of rotatable bonds is 4. The summed E-state index contributed by atoms with van der Waals surface area (Å²) < 4.78 is 32.7. The number of nitrogens with zero attached hydrogens (tertiary/aromatic N) is 1. The van der Waals surface area contributed by atoms with Crippen molar-refractivity contribution in [1.82, 2.24) is 9.97 Å². The van der Waals surface area contributed by atoms with Crippen LogP contribution in [0.3, 0.4) is 0 Å². The van der Waals surface area contributed by atoms with E-state index in [1.165, 1.54) is 13.2 Å². The number of aromatic amines is 1. The maximum Gasteiger partial charge on any atom is 0.262 e. The molecule has 0 unspecified atom stereocenters. The van der Waals surface area contributed by atoms with E-state index in [1.54, 1.807) is 36.4 Å². The lowest BCUT2D eigenvalue weighted by atomic mass is 10.3. The van der Waals surface area contributed by atoms with Crippen molar-refractivity contribution in [2.75, 3.05) is 11.8 Å². The fourth-order valence-corrected chi connectivity index (χ4v) is 3.31. The van der Waals surface area contributed by atoms with Gasteiger partial charge in [-0.2, -0.15) is 0 Å². The normalized spacial score (nSPS) is 11.5. The van der Waals surface area contributed by atoms with Gasteiger partial charge in [0.25, 0.3) is 10.0 Å². The first-order valence-electron chi connectivity index (χ1n) is 6.62. The average Bonchev–Trinajstić information content (AvgIpc) is 2.86. The lowest BCUT2D eigenvalue weighted by Crippen LogP contribution is -2.13. The summed E-state index contributed by atoms with van der Waals surface area (Å²) in [5, 5.41) is 0. The smallest absolute Gasteiger partial charge is 0.262 e. The highest BCUT2D eigenvalue weighted by molar-refractivity contribution is 7.92. The zero-order chi connectivity index (χ0) is 15.7. The van der Waals surface area contributed by atoms with Crippen LogP contribution >= 0.6 is 0 Å². The second-order valence-electron chi connectivity index (χ2n) is 4.81. The fourth-order valence-electron chi connectivity index (χ4n) is 2.22. The van der Waals surface area contributed by atoms with E-state index in [0.29, 0.717) is 17.0 Å². The lowest BCUT2D eigenvalue weighted by molar-refractivity contribution is 0.417. The van der Waals surface area contributed by atoms with Crippen molar-refractivity contribution >= 4 is 26.7 Å². The Morgan fingerprint density at radius 2 is 1.95 bits per heavy atom. The zero-order valence-corrected chi connectivity index (χ0v) is 12.9. The summed E-state index contributed by atoms with van der Waals surface area (Å²) in [5.41, 5.74) is 1.81. The van der Waals surface area contributed by atoms with Crippen molar-refractivity contribution in [3.8, 4) is 5.75 Å². The van der Waals surface area contributed by atoms with Crippen LogP contribution in [0.5, 0.6) is 5.75 Å². The van der Waals surface area contributed by atoms with E-state index >= 15 is 0 Å². The molecule has 6 nitrogen and oxygen atoms in total. The van der Waals surface area contributed by atoms with Crippen LogP contribution in [0.4, 0.5) is 5.69 Å². The number of benzene rings is 2. The van der Waals surface area contributed by atoms with E-state index in [-0.39, 0.29) is 4.90 Å². The van der Waals surface area contributed by atoms with Gasteiger partial charge in [0.1, 0.15) is 11.6 Å². The number of H-pyrrole nitrogens is 1. The second kappa shape index (κ2) is 5.34. The van der Waals surface area contributed by atoms with Gasteiger partial charge in [0, 0.05) is 0 Å². The second-order valence-corrected chi connectivity index (χ2v) is 6.49. The van der Waals surface area contributed by atoms with Crippen molar-refractivity contribution in [3.05, 3.63) is 48.3 Å². The van der Waals surface area contributed by atoms with Gasteiger partial charge in [0.15, 0.2) is 0 Å². The van der Waals surface area contributed by atoms with Gasteiger partial charge in [0.2, 0.25) is 0 Å². The molecule has 0 amide bonds. The molecular formula is C15H15N3O3S. The highest BCUT2D eigenvalue weighted by atomic mass is 32.2. The summed E-state index contributed by atoms with van der Waals surface area (Å²) in [5.74, 6) is 1.20. The molecular weight excluding hydrogens is 302 g/mol. The van der Waals surface area contributed by atoms with Gasteiger partial charge in [-0.25, -0.2) is 13.4 Å². The SMILES string of the molecule is COc1ccccc1NS(=O)(=O)c1ccc2nc(C)[nH]c2c1. The van der Waals surface area contributed by atoms with Crippen LogP contribution in [0.15, 0.2) is 47.4 Å². The van der Waals surface area contributed by atoms with Gasteiger partial charge < -0.3 is 9.72 Å². The highest BCUT2D eigenvalue weighted by Gasteiger charge is 2.17. The van der Waals surface area contributed by atoms with Gasteiger partial charge in [-0.3, -0.25) is 4.72 Å². The standard InChI is InChI=1S/C15H15N3O3S/c1-10-16-12-8-7-11(9-14(12)17-10)22(19,20)18-13-5-3-4-6-15(13)21-2/h3-9,18H,1-2H3,(H,16,17). The molecule has 0 bridgehead atoms. The Labute approximate surface area is 128 Å². The molecule has 7 heteroatoms. The molecule has 3 aromatic rings. The summed E-state index contributed by atoms with van der Waals surface area (Å²) in [6.07, 6.45) is 0. The summed E-state index contributed by atoms with van der Waals surface area (Å²) in [7, 11) is -2.21. The quantitative estimate of drug-likeness (QED) is 0.775. The number of methoxy groups -OCH3 is 1. The largest absolute Gasteiger partial charge is 0.495 e. The topological polar surface area (TPSA) is 84.1 Å². The molecule has 0 radical (unpaired) electrons. The van der Waals surface area contributed by atoms with Crippen LogP contribution in [0.25, 0.3) is 11.0 Å². The van der Waals surface area contributed by atoms with E-state index in [0.717, 1.165) is 11.3 Å². The molecule has 114 valence electrons. The molecule has 3 rings (SSSR count). The van der Waals surface area contributed by atoms with E-state index in [9.17, 15) is 8.42 Å². The Morgan fingerprint density at radius 3 is 2.73 bits per heavy atom. The van der Waals surface area contributed by atoms with E-state index in [1.807, 2.05) is 6.92 Å². The number of hydrogen-bond donors (Lipinski definition) is 2. The van der Waals surface area contributed by atoms with E-state index in [2.05, 4.69) is 14.7 Å². The lowest BCUT2D eigenvalue weighted by Gasteiger charge is -2.11. The molecule has 0 aliphatic carbocycles. The van der Waals surface area contributed by atoms with Crippen LogP contribution in [0.1, 0.15) is 5.82 Å². The molecule has 22 heavy (non-hydrogen) atoms. The predicted molar refractivity (Wildman–Crippen MR) is 84.6 cm³/mol. The van der Waals surface area contributed by atoms with Gasteiger partial charge in [-0.1, -0.05) is 12.1 Å². The Hall–Kier alpha value is -2.54. The molecule has 0 saturated carbocycles. The minimum atomic E-state index is -3.71. The zero-order valence-electron chi connectivity index (χ0n) is 12.1. The first-order chi connectivity index (χ1) is 10.5. The molecule has 0 fully saturated rings. The number of para-hydroxylation sites is 2. The number of ether oxygens (including phenoxy) is 1. The van der Waals surface area contributed by atoms with Crippen molar-refractivity contribution < 1.29 is 13.2 Å². The Bertz CT molecular complexity index is 932. The van der Waals surface area contributed by atoms with Crippen molar-refractivity contribution in [3.63, 3.8) is 0 Å². The number of aryl methyl sites for hydroxylation is 1. The van der Waals surface area contributed by atoms with E-state index in [4.69, 9.17) is 4.74 Å². The summed E-state index contributed by atoms with van der Waals surface area (Å²) in [6, 6.07) is 11.6. The molecule has 0 atom stereocenters. The molecule has 2 N–H and O–H groups in total. The Kier molecular flexibility index (Phi) is 3.50. The summed E-state index contributed by atoms with van der Waals surface area (Å²) >= 11 is 0. The molecule has 0 aliphatic heterocycles. The highest BCUT2D eigenvalue weighted by Crippen LogP contribution is 2.26. The van der Waals surface area contributed by atoms with Crippen LogP contribution < -0.4 is 9.46 Å². The summed E-state index contributed by atoms with van der Waals surface area (Å²) in [4.78, 5) is 7.45. The third kappa shape index (κ3) is 2.62. The Morgan fingerprint density at radius 1 is 1.18 bits per heavy atom. The number of sulfonamides is 1. The minimum absolute atomic E-state index is 0.162. The maximum atomic E-state index is 12.5. The number of fused-ring (bicyclic) bond motifs is 1. The van der Waals surface area contributed by atoms with Gasteiger partial charge >= 0.3 is 0 Å². The number of anilines is 1. The average molecular weight is 317 g/mol. The van der Waals surface area contributed by atoms with Crippen LogP contribution in [-0.2, 0) is 10.0 Å². The van der Waals surface area contributed by atoms with Crippen LogP contribution in [-0.4, -0.2) is 25.5 Å². The number of nitrogens with one attached hydrogen (secondary N) is 2. The Balaban J connectivity index is 2.00. The van der Waals surface area contributed by atoms with Gasteiger partial charge in [-0.15, -0.1) is 0 Å². The van der Waals surface area contributed by atoms with Gasteiger partial charge in [-0.05, 0) is 37.3 Å². The predicted octanol–water partition coefficient (Wildman–Crippen LogP) is 2.68. The third-order valence-electron chi connectivity index (χ3n) is 3.23. The summed E-state index contributed by atoms with van der Waals surface area (Å²) in [6.45, 7) is 1.82. The maximum absolute atomic E-state index is 12.5. The number of hydrogen-bond acceptors (Lipinski definition) is 4. The van der Waals surface area contributed by atoms with Gasteiger partial charge in [0.05, 0.1) is 28.7 Å². The fraction of sp³-hybridized carbons (Fsp3) is 0.133. The number of imidazole rings is 1. The molecule has 0 saturated heterocycles. The molecule has 0 spiro atoms. The monoisotopic (exact) mass is 317 g/mol. The molecule has 0 aliphatic rings. The number of aromatic nitrogens is 2. The molecule has 2 aromatic carbocycles. The molecule has 1 aromatic heterocycles. The first kappa shape index (κ1) is 14.4. The third-order valence-corrected chi connectivity index (χ3v) is 4.60. The van der Waals surface area contributed by atoms with E-state index < -0.39 is 10.0 Å². The van der Waals surface area contributed by atoms with Crippen LogP contribution in [0, 0.1) is 6.92 Å². The van der Waals surface area contributed by atoms with Crippen LogP contribution in [0.2, 0.25) is 0 Å². The van der Waals surface area contributed by atoms with Crippen molar-refractivity contribution in [2.24, 2.45) is 0 Å². The minimum Gasteiger partial charge on any atom is -0.495 e. The van der Waals surface area contributed by atoms with Crippen molar-refractivity contribution in [1.29, 1.82) is 0 Å². The first-order valence-corrected chi connectivity index (χ1v) is 8.10. The molecule has 1 heterocycles. The van der Waals surface area contributed by atoms with Crippen molar-refractivity contribution in [2.45, 2.75) is 11.8 Å².